The average Bonchev–Trinajstić information content (AvgIpc) is 2.45. The molecule has 0 fully saturated rings. The summed E-state index contributed by atoms with van der Waals surface area (Å²) < 4.78 is 0. The predicted molar refractivity (Wildman–Crippen MR) is 81.6 cm³/mol. The molecule has 2 atom stereocenters. The zero-order valence-corrected chi connectivity index (χ0v) is 12.8. The van der Waals surface area contributed by atoms with E-state index in [0.717, 1.165) is 12.0 Å². The maximum absolute atomic E-state index is 11.9. The fourth-order valence-corrected chi connectivity index (χ4v) is 2.13. The predicted octanol–water partition coefficient (Wildman–Crippen LogP) is 2.33. The minimum atomic E-state index is -0.315. The van der Waals surface area contributed by atoms with Crippen LogP contribution in [0.4, 0.5) is 4.79 Å². The van der Waals surface area contributed by atoms with E-state index in [0.29, 0.717) is 11.5 Å². The van der Waals surface area contributed by atoms with Crippen LogP contribution in [0.25, 0.3) is 0 Å². The number of nitriles is 1. The van der Waals surface area contributed by atoms with E-state index in [4.69, 9.17) is 5.26 Å². The molecule has 0 aromatic heterocycles. The number of urea groups is 1. The van der Waals surface area contributed by atoms with Crippen molar-refractivity contribution in [1.82, 2.24) is 10.6 Å². The van der Waals surface area contributed by atoms with Crippen molar-refractivity contribution in [2.45, 2.75) is 39.3 Å². The number of nitrogens with zero attached hydrogens (tertiary/aromatic N) is 1. The molecule has 0 radical (unpaired) electrons. The lowest BCUT2D eigenvalue weighted by molar-refractivity contribution is 0.205. The van der Waals surface area contributed by atoms with Gasteiger partial charge >= 0.3 is 6.03 Å². The highest BCUT2D eigenvalue weighted by Gasteiger charge is 2.15. The van der Waals surface area contributed by atoms with Crippen LogP contribution in [-0.4, -0.2) is 23.8 Å². The number of hydrogen-bond acceptors (Lipinski definition) is 3. The molecule has 5 heteroatoms. The van der Waals surface area contributed by atoms with Gasteiger partial charge in [0.1, 0.15) is 0 Å². The second-order valence-electron chi connectivity index (χ2n) is 5.59. The molecule has 0 aliphatic rings. The molecule has 0 bridgehead atoms. The SMILES string of the molecule is CC(C)C[C@H](CO)NC(=O)N[C@@H](C)c1cccc(C#N)c1. The largest absolute Gasteiger partial charge is 0.394 e. The standard InChI is InChI=1S/C16H23N3O2/c1-11(2)7-15(10-20)19-16(21)18-12(3)14-6-4-5-13(8-14)9-17/h4-6,8,11-12,15,20H,7,10H2,1-3H3,(H2,18,19,21)/t12-,15+/m0/s1. The lowest BCUT2D eigenvalue weighted by Gasteiger charge is -2.21. The molecule has 0 saturated heterocycles. The number of nitrogens with one attached hydrogen (secondary N) is 2. The van der Waals surface area contributed by atoms with Gasteiger partial charge in [0.25, 0.3) is 0 Å². The first-order valence-corrected chi connectivity index (χ1v) is 7.14. The van der Waals surface area contributed by atoms with Crippen LogP contribution in [0.5, 0.6) is 0 Å². The topological polar surface area (TPSA) is 85.2 Å². The van der Waals surface area contributed by atoms with Crippen molar-refractivity contribution in [1.29, 1.82) is 5.26 Å². The smallest absolute Gasteiger partial charge is 0.315 e. The number of carbonyl (C=O) groups excluding carboxylic acids is 1. The fourth-order valence-electron chi connectivity index (χ4n) is 2.13. The first-order chi connectivity index (χ1) is 9.96. The van der Waals surface area contributed by atoms with E-state index in [1.54, 1.807) is 18.2 Å². The second-order valence-corrected chi connectivity index (χ2v) is 5.59. The molecule has 0 heterocycles. The molecular formula is C16H23N3O2. The Bertz CT molecular complexity index is 508. The third-order valence-corrected chi connectivity index (χ3v) is 3.17. The average molecular weight is 289 g/mol. The van der Waals surface area contributed by atoms with Crippen LogP contribution in [-0.2, 0) is 0 Å². The van der Waals surface area contributed by atoms with Crippen LogP contribution < -0.4 is 10.6 Å². The van der Waals surface area contributed by atoms with E-state index in [2.05, 4.69) is 16.7 Å². The maximum Gasteiger partial charge on any atom is 0.315 e. The molecule has 0 unspecified atom stereocenters. The number of aliphatic hydroxyl groups is 1. The van der Waals surface area contributed by atoms with E-state index in [9.17, 15) is 9.90 Å². The molecule has 0 saturated carbocycles. The Labute approximate surface area is 126 Å². The normalized spacial score (nSPS) is 13.3. The number of benzene rings is 1. The minimum Gasteiger partial charge on any atom is -0.394 e. The summed E-state index contributed by atoms with van der Waals surface area (Å²) in [5.41, 5.74) is 1.43. The minimum absolute atomic E-state index is 0.0795. The van der Waals surface area contributed by atoms with E-state index >= 15 is 0 Å². The highest BCUT2D eigenvalue weighted by atomic mass is 16.3. The number of aliphatic hydroxyl groups excluding tert-OH is 1. The molecule has 1 aromatic carbocycles. The highest BCUT2D eigenvalue weighted by Crippen LogP contribution is 2.13. The summed E-state index contributed by atoms with van der Waals surface area (Å²) >= 11 is 0. The third-order valence-electron chi connectivity index (χ3n) is 3.17. The molecule has 5 nitrogen and oxygen atoms in total. The van der Waals surface area contributed by atoms with Crippen LogP contribution in [0, 0.1) is 17.2 Å². The van der Waals surface area contributed by atoms with Crippen LogP contribution in [0.1, 0.15) is 44.4 Å². The molecule has 114 valence electrons. The lowest BCUT2D eigenvalue weighted by atomic mass is 10.0. The summed E-state index contributed by atoms with van der Waals surface area (Å²) in [6.07, 6.45) is 0.724. The fraction of sp³-hybridized carbons (Fsp3) is 0.500. The maximum atomic E-state index is 11.9. The van der Waals surface area contributed by atoms with Gasteiger partial charge in [-0.1, -0.05) is 26.0 Å². The Hall–Kier alpha value is -2.06. The molecule has 2 amide bonds. The van der Waals surface area contributed by atoms with Gasteiger partial charge in [-0.25, -0.2) is 4.79 Å². The summed E-state index contributed by atoms with van der Waals surface area (Å²) in [5.74, 6) is 0.396. The van der Waals surface area contributed by atoms with Gasteiger partial charge < -0.3 is 15.7 Å². The molecule has 21 heavy (non-hydrogen) atoms. The van der Waals surface area contributed by atoms with Crippen molar-refractivity contribution in [3.63, 3.8) is 0 Å². The van der Waals surface area contributed by atoms with Gasteiger partial charge in [0.2, 0.25) is 0 Å². The van der Waals surface area contributed by atoms with Crippen LogP contribution >= 0.6 is 0 Å². The molecule has 0 aliphatic carbocycles. The van der Waals surface area contributed by atoms with Crippen LogP contribution in [0.2, 0.25) is 0 Å². The Morgan fingerprint density at radius 1 is 1.33 bits per heavy atom. The number of hydrogen-bond donors (Lipinski definition) is 3. The van der Waals surface area contributed by atoms with Crippen molar-refractivity contribution in [2.75, 3.05) is 6.61 Å². The Balaban J connectivity index is 2.59. The van der Waals surface area contributed by atoms with E-state index < -0.39 is 0 Å². The quantitative estimate of drug-likeness (QED) is 0.751. The number of carbonyl (C=O) groups is 1. The summed E-state index contributed by atoms with van der Waals surface area (Å²) in [7, 11) is 0. The molecular weight excluding hydrogens is 266 g/mol. The Morgan fingerprint density at radius 3 is 2.62 bits per heavy atom. The summed E-state index contributed by atoms with van der Waals surface area (Å²) in [6, 6.07) is 8.43. The van der Waals surface area contributed by atoms with Crippen molar-refractivity contribution >= 4 is 6.03 Å². The van der Waals surface area contributed by atoms with Gasteiger partial charge in [-0.05, 0) is 37.0 Å². The molecule has 0 aliphatic heterocycles. The van der Waals surface area contributed by atoms with Gasteiger partial charge in [0.05, 0.1) is 30.3 Å². The van der Waals surface area contributed by atoms with Crippen molar-refractivity contribution in [3.05, 3.63) is 35.4 Å². The van der Waals surface area contributed by atoms with Crippen molar-refractivity contribution < 1.29 is 9.90 Å². The Kier molecular flexibility index (Phi) is 6.70. The number of amides is 2. The summed E-state index contributed by atoms with van der Waals surface area (Å²) in [6.45, 7) is 5.85. The van der Waals surface area contributed by atoms with Crippen molar-refractivity contribution in [2.24, 2.45) is 5.92 Å². The molecule has 1 aromatic rings. The van der Waals surface area contributed by atoms with Gasteiger partial charge in [0, 0.05) is 0 Å². The van der Waals surface area contributed by atoms with Gasteiger partial charge in [-0.15, -0.1) is 0 Å². The molecule has 0 spiro atoms. The van der Waals surface area contributed by atoms with Crippen LogP contribution in [0.15, 0.2) is 24.3 Å². The van der Waals surface area contributed by atoms with E-state index in [1.165, 1.54) is 0 Å². The van der Waals surface area contributed by atoms with Crippen LogP contribution in [0.3, 0.4) is 0 Å². The zero-order chi connectivity index (χ0) is 15.8. The van der Waals surface area contributed by atoms with E-state index in [1.807, 2.05) is 26.8 Å². The van der Waals surface area contributed by atoms with Gasteiger partial charge in [0.15, 0.2) is 0 Å². The zero-order valence-electron chi connectivity index (χ0n) is 12.8. The highest BCUT2D eigenvalue weighted by molar-refractivity contribution is 5.74. The lowest BCUT2D eigenvalue weighted by Crippen LogP contribution is -2.45. The van der Waals surface area contributed by atoms with E-state index in [-0.39, 0.29) is 24.7 Å². The monoisotopic (exact) mass is 289 g/mol. The summed E-state index contributed by atoms with van der Waals surface area (Å²) in [4.78, 5) is 11.9. The van der Waals surface area contributed by atoms with Gasteiger partial charge in [-0.2, -0.15) is 5.26 Å². The third kappa shape index (κ3) is 5.84. The molecule has 1 rings (SSSR count). The molecule has 3 N–H and O–H groups in total. The van der Waals surface area contributed by atoms with Crippen molar-refractivity contribution in [3.8, 4) is 6.07 Å². The first-order valence-electron chi connectivity index (χ1n) is 7.14. The second kappa shape index (κ2) is 8.28. The number of rotatable bonds is 6. The Morgan fingerprint density at radius 2 is 2.05 bits per heavy atom. The van der Waals surface area contributed by atoms with Gasteiger partial charge in [-0.3, -0.25) is 0 Å². The first kappa shape index (κ1) is 17.0. The summed E-state index contributed by atoms with van der Waals surface area (Å²) in [5, 5.41) is 23.7.